The van der Waals surface area contributed by atoms with Crippen LogP contribution in [0.1, 0.15) is 26.5 Å². The van der Waals surface area contributed by atoms with Crippen LogP contribution in [0.25, 0.3) is 16.5 Å². The molecule has 3 rings (SSSR count). The molecule has 3 aromatic rings. The van der Waals surface area contributed by atoms with Gasteiger partial charge in [-0.1, -0.05) is 41.6 Å². The maximum Gasteiger partial charge on any atom is 0.0969 e. The van der Waals surface area contributed by atoms with Gasteiger partial charge in [-0.25, -0.2) is 4.68 Å². The number of rotatable bonds is 3. The largest absolute Gasteiger partial charge is 0.306 e. The average Bonchev–Trinajstić information content (AvgIpc) is 2.92. The summed E-state index contributed by atoms with van der Waals surface area (Å²) in [5, 5.41) is 14.3. The average molecular weight is 280 g/mol. The summed E-state index contributed by atoms with van der Waals surface area (Å²) in [4.78, 5) is 0. The topological polar surface area (TPSA) is 42.7 Å². The van der Waals surface area contributed by atoms with E-state index in [9.17, 15) is 0 Å². The molecule has 2 aromatic carbocycles. The van der Waals surface area contributed by atoms with Crippen molar-refractivity contribution in [1.82, 2.24) is 20.3 Å². The molecule has 0 bridgehead atoms. The van der Waals surface area contributed by atoms with E-state index in [0.29, 0.717) is 6.54 Å². The van der Waals surface area contributed by atoms with Crippen LogP contribution in [-0.2, 0) is 6.54 Å². The summed E-state index contributed by atoms with van der Waals surface area (Å²) in [7, 11) is 0. The first-order valence-electron chi connectivity index (χ1n) is 7.17. The summed E-state index contributed by atoms with van der Waals surface area (Å²) in [5.74, 6) is 0. The van der Waals surface area contributed by atoms with Crippen LogP contribution in [0.15, 0.2) is 48.7 Å². The van der Waals surface area contributed by atoms with Crippen molar-refractivity contribution in [3.63, 3.8) is 0 Å². The molecule has 0 aliphatic rings. The fourth-order valence-corrected chi connectivity index (χ4v) is 2.26. The molecule has 0 radical (unpaired) electrons. The highest BCUT2D eigenvalue weighted by Crippen LogP contribution is 2.21. The van der Waals surface area contributed by atoms with Gasteiger partial charge in [0, 0.05) is 17.5 Å². The quantitative estimate of drug-likeness (QED) is 0.800. The molecule has 4 heteroatoms. The Bertz CT molecular complexity index is 747. The second-order valence-corrected chi connectivity index (χ2v) is 6.26. The lowest BCUT2D eigenvalue weighted by Gasteiger charge is -2.19. The van der Waals surface area contributed by atoms with Gasteiger partial charge >= 0.3 is 0 Å². The van der Waals surface area contributed by atoms with Gasteiger partial charge in [-0.2, -0.15) is 0 Å². The molecule has 0 spiro atoms. The fraction of sp³-hybridized carbons (Fsp3) is 0.294. The van der Waals surface area contributed by atoms with Gasteiger partial charge in [-0.05, 0) is 32.2 Å². The lowest BCUT2D eigenvalue weighted by molar-refractivity contribution is 0.421. The van der Waals surface area contributed by atoms with Crippen LogP contribution in [-0.4, -0.2) is 20.5 Å². The number of aromatic nitrogens is 3. The Hall–Kier alpha value is -2.20. The van der Waals surface area contributed by atoms with Gasteiger partial charge in [0.1, 0.15) is 0 Å². The van der Waals surface area contributed by atoms with Crippen LogP contribution < -0.4 is 5.32 Å². The van der Waals surface area contributed by atoms with Crippen LogP contribution in [0, 0.1) is 0 Å². The monoisotopic (exact) mass is 280 g/mol. The predicted molar refractivity (Wildman–Crippen MR) is 85.5 cm³/mol. The van der Waals surface area contributed by atoms with Crippen molar-refractivity contribution >= 4 is 10.8 Å². The third kappa shape index (κ3) is 3.11. The first-order valence-corrected chi connectivity index (χ1v) is 7.17. The highest BCUT2D eigenvalue weighted by atomic mass is 15.4. The summed E-state index contributed by atoms with van der Waals surface area (Å²) in [6.45, 7) is 7.14. The number of benzene rings is 2. The van der Waals surface area contributed by atoms with Gasteiger partial charge in [0.2, 0.25) is 0 Å². The van der Waals surface area contributed by atoms with E-state index in [0.717, 1.165) is 11.4 Å². The molecule has 1 N–H and O–H groups in total. The molecule has 0 saturated carbocycles. The van der Waals surface area contributed by atoms with Crippen LogP contribution in [0.4, 0.5) is 0 Å². The van der Waals surface area contributed by atoms with E-state index in [1.165, 1.54) is 10.8 Å². The maximum absolute atomic E-state index is 4.26. The molecule has 0 amide bonds. The highest BCUT2D eigenvalue weighted by Gasteiger charge is 2.11. The molecule has 0 aliphatic heterocycles. The molecular weight excluding hydrogens is 260 g/mol. The molecule has 0 unspecified atom stereocenters. The fourth-order valence-electron chi connectivity index (χ4n) is 2.26. The van der Waals surface area contributed by atoms with Crippen molar-refractivity contribution in [2.24, 2.45) is 0 Å². The minimum atomic E-state index is 0.0726. The maximum atomic E-state index is 4.26. The first kappa shape index (κ1) is 13.8. The summed E-state index contributed by atoms with van der Waals surface area (Å²) in [5.41, 5.74) is 2.07. The van der Waals surface area contributed by atoms with E-state index >= 15 is 0 Å². The summed E-state index contributed by atoms with van der Waals surface area (Å²) >= 11 is 0. The van der Waals surface area contributed by atoms with Gasteiger partial charge < -0.3 is 5.32 Å². The smallest absolute Gasteiger partial charge is 0.0969 e. The molecule has 1 heterocycles. The molecule has 0 fully saturated rings. The van der Waals surface area contributed by atoms with E-state index in [1.54, 1.807) is 0 Å². The molecule has 0 aliphatic carbocycles. The lowest BCUT2D eigenvalue weighted by atomic mass is 10.1. The van der Waals surface area contributed by atoms with Crippen molar-refractivity contribution in [1.29, 1.82) is 0 Å². The molecular formula is C17H20N4. The molecule has 108 valence electrons. The Morgan fingerprint density at radius 3 is 2.62 bits per heavy atom. The van der Waals surface area contributed by atoms with Crippen molar-refractivity contribution in [3.05, 3.63) is 54.4 Å². The van der Waals surface area contributed by atoms with E-state index in [2.05, 4.69) is 60.7 Å². The van der Waals surface area contributed by atoms with Gasteiger partial charge in [0.25, 0.3) is 0 Å². The summed E-state index contributed by atoms with van der Waals surface area (Å²) in [6.07, 6.45) is 1.99. The van der Waals surface area contributed by atoms with Gasteiger partial charge in [-0.3, -0.25) is 0 Å². The lowest BCUT2D eigenvalue weighted by Crippen LogP contribution is -2.35. The second-order valence-electron chi connectivity index (χ2n) is 6.26. The molecule has 1 aromatic heterocycles. The Kier molecular flexibility index (Phi) is 3.47. The van der Waals surface area contributed by atoms with Gasteiger partial charge in [-0.15, -0.1) is 5.10 Å². The number of hydrogen-bond acceptors (Lipinski definition) is 3. The second kappa shape index (κ2) is 5.30. The molecule has 4 nitrogen and oxygen atoms in total. The van der Waals surface area contributed by atoms with Crippen molar-refractivity contribution in [3.8, 4) is 5.69 Å². The number of hydrogen-bond donors (Lipinski definition) is 1. The van der Waals surface area contributed by atoms with E-state index in [4.69, 9.17) is 0 Å². The normalized spacial score (nSPS) is 12.0. The minimum Gasteiger partial charge on any atom is -0.306 e. The standard InChI is InChI=1S/C17H20N4/c1-17(2,3)18-11-14-12-21(20-19-14)16-10-6-8-13-7-4-5-9-15(13)16/h4-10,12,18H,11H2,1-3H3. The van der Waals surface area contributed by atoms with Crippen LogP contribution in [0.3, 0.4) is 0 Å². The van der Waals surface area contributed by atoms with E-state index in [-0.39, 0.29) is 5.54 Å². The zero-order valence-corrected chi connectivity index (χ0v) is 12.7. The first-order chi connectivity index (χ1) is 10.0. The molecule has 0 saturated heterocycles. The Balaban J connectivity index is 1.92. The van der Waals surface area contributed by atoms with E-state index in [1.807, 2.05) is 29.1 Å². The van der Waals surface area contributed by atoms with Crippen molar-refractivity contribution < 1.29 is 0 Å². The Labute approximate surface area is 124 Å². The molecule has 21 heavy (non-hydrogen) atoms. The number of nitrogens with zero attached hydrogens (tertiary/aromatic N) is 3. The summed E-state index contributed by atoms with van der Waals surface area (Å²) in [6, 6.07) is 14.5. The minimum absolute atomic E-state index is 0.0726. The SMILES string of the molecule is CC(C)(C)NCc1cn(-c2cccc3ccccc23)nn1. The molecule has 0 atom stereocenters. The van der Waals surface area contributed by atoms with Crippen LogP contribution >= 0.6 is 0 Å². The van der Waals surface area contributed by atoms with Crippen molar-refractivity contribution in [2.45, 2.75) is 32.9 Å². The third-order valence-corrected chi connectivity index (χ3v) is 3.35. The third-order valence-electron chi connectivity index (χ3n) is 3.35. The number of fused-ring (bicyclic) bond motifs is 1. The Morgan fingerprint density at radius 2 is 1.81 bits per heavy atom. The zero-order chi connectivity index (χ0) is 14.9. The van der Waals surface area contributed by atoms with Gasteiger partial charge in [0.15, 0.2) is 0 Å². The van der Waals surface area contributed by atoms with Crippen molar-refractivity contribution in [2.75, 3.05) is 0 Å². The van der Waals surface area contributed by atoms with Crippen LogP contribution in [0.2, 0.25) is 0 Å². The number of nitrogens with one attached hydrogen (secondary N) is 1. The van der Waals surface area contributed by atoms with Gasteiger partial charge in [0.05, 0.1) is 17.6 Å². The highest BCUT2D eigenvalue weighted by molar-refractivity contribution is 5.89. The Morgan fingerprint density at radius 1 is 1.05 bits per heavy atom. The van der Waals surface area contributed by atoms with E-state index < -0.39 is 0 Å². The zero-order valence-electron chi connectivity index (χ0n) is 12.7. The van der Waals surface area contributed by atoms with Crippen LogP contribution in [0.5, 0.6) is 0 Å². The summed E-state index contributed by atoms with van der Waals surface area (Å²) < 4.78 is 1.85. The predicted octanol–water partition coefficient (Wildman–Crippen LogP) is 3.31.